The molecule has 3 nitrogen and oxygen atoms in total. The van der Waals surface area contributed by atoms with Crippen LogP contribution < -0.4 is 10.6 Å². The molecule has 0 saturated carbocycles. The first-order chi connectivity index (χ1) is 8.24. The summed E-state index contributed by atoms with van der Waals surface area (Å²) in [6.45, 7) is 5.07. The molecule has 1 aromatic heterocycles. The fourth-order valence-electron chi connectivity index (χ4n) is 2.08. The standard InChI is InChI=1S/C14H15N3/c1-9-6-12-13(7-10(9)2)17-14-11(8-16-12)4-3-5-15-14/h3-7,16H,8H2,1-2H3,(H,15,17). The maximum Gasteiger partial charge on any atom is 0.135 e. The molecule has 0 bridgehead atoms. The largest absolute Gasteiger partial charge is 0.379 e. The molecule has 1 aliphatic heterocycles. The molecule has 0 atom stereocenters. The highest BCUT2D eigenvalue weighted by atomic mass is 15.0. The van der Waals surface area contributed by atoms with Gasteiger partial charge in [0.15, 0.2) is 0 Å². The van der Waals surface area contributed by atoms with Crippen molar-refractivity contribution in [2.75, 3.05) is 10.6 Å². The molecule has 3 rings (SSSR count). The predicted molar refractivity (Wildman–Crippen MR) is 70.8 cm³/mol. The molecule has 2 aromatic rings. The van der Waals surface area contributed by atoms with Crippen LogP contribution in [-0.2, 0) is 6.54 Å². The molecule has 86 valence electrons. The van der Waals surface area contributed by atoms with Gasteiger partial charge in [0.05, 0.1) is 11.4 Å². The molecule has 1 aromatic carbocycles. The van der Waals surface area contributed by atoms with Crippen molar-refractivity contribution in [2.24, 2.45) is 0 Å². The molecule has 0 radical (unpaired) electrons. The summed E-state index contributed by atoms with van der Waals surface area (Å²) in [5.41, 5.74) is 6.03. The molecular formula is C14H15N3. The predicted octanol–water partition coefficient (Wildman–Crippen LogP) is 3.37. The van der Waals surface area contributed by atoms with Gasteiger partial charge >= 0.3 is 0 Å². The zero-order chi connectivity index (χ0) is 11.8. The second-order valence-electron chi connectivity index (χ2n) is 4.47. The number of aromatic nitrogens is 1. The van der Waals surface area contributed by atoms with Gasteiger partial charge in [0, 0.05) is 18.3 Å². The number of fused-ring (bicyclic) bond motifs is 2. The van der Waals surface area contributed by atoms with E-state index in [1.807, 2.05) is 12.3 Å². The van der Waals surface area contributed by atoms with Crippen LogP contribution in [0.2, 0.25) is 0 Å². The van der Waals surface area contributed by atoms with Crippen LogP contribution in [-0.4, -0.2) is 4.98 Å². The highest BCUT2D eigenvalue weighted by Gasteiger charge is 2.13. The van der Waals surface area contributed by atoms with Gasteiger partial charge in [0.1, 0.15) is 5.82 Å². The zero-order valence-electron chi connectivity index (χ0n) is 10.0. The molecule has 0 unspecified atom stereocenters. The minimum absolute atomic E-state index is 0.811. The first kappa shape index (κ1) is 10.1. The van der Waals surface area contributed by atoms with Crippen LogP contribution in [0.3, 0.4) is 0 Å². The minimum Gasteiger partial charge on any atom is -0.379 e. The first-order valence-electron chi connectivity index (χ1n) is 5.80. The van der Waals surface area contributed by atoms with E-state index in [1.165, 1.54) is 16.7 Å². The zero-order valence-corrected chi connectivity index (χ0v) is 10.0. The highest BCUT2D eigenvalue weighted by molar-refractivity contribution is 5.77. The molecular weight excluding hydrogens is 210 g/mol. The van der Waals surface area contributed by atoms with Gasteiger partial charge in [-0.15, -0.1) is 0 Å². The van der Waals surface area contributed by atoms with Crippen molar-refractivity contribution in [3.05, 3.63) is 47.2 Å². The Morgan fingerprint density at radius 1 is 1.12 bits per heavy atom. The smallest absolute Gasteiger partial charge is 0.135 e. The molecule has 1 aliphatic rings. The quantitative estimate of drug-likeness (QED) is 0.721. The summed E-state index contributed by atoms with van der Waals surface area (Å²) in [5, 5.41) is 6.84. The number of benzene rings is 1. The maximum atomic E-state index is 4.38. The Morgan fingerprint density at radius 2 is 1.88 bits per heavy atom. The number of rotatable bonds is 0. The Kier molecular flexibility index (Phi) is 2.25. The third-order valence-corrected chi connectivity index (χ3v) is 3.25. The van der Waals surface area contributed by atoms with E-state index in [1.54, 1.807) is 0 Å². The average Bonchev–Trinajstić information content (AvgIpc) is 2.49. The SMILES string of the molecule is Cc1cc2c(cc1C)Nc1ncccc1CN2. The van der Waals surface area contributed by atoms with Gasteiger partial charge in [0.25, 0.3) is 0 Å². The normalized spacial score (nSPS) is 12.8. The number of anilines is 3. The molecule has 3 heteroatoms. The maximum absolute atomic E-state index is 4.38. The van der Waals surface area contributed by atoms with Gasteiger partial charge in [-0.05, 0) is 43.2 Å². The monoisotopic (exact) mass is 225 g/mol. The Hall–Kier alpha value is -2.03. The fraction of sp³-hybridized carbons (Fsp3) is 0.214. The summed E-state index contributed by atoms with van der Waals surface area (Å²) in [7, 11) is 0. The molecule has 2 heterocycles. The summed E-state index contributed by atoms with van der Waals surface area (Å²) in [5.74, 6) is 0.946. The first-order valence-corrected chi connectivity index (χ1v) is 5.80. The third kappa shape index (κ3) is 1.73. The van der Waals surface area contributed by atoms with Gasteiger partial charge in [-0.3, -0.25) is 0 Å². The van der Waals surface area contributed by atoms with E-state index in [-0.39, 0.29) is 0 Å². The second kappa shape index (κ2) is 3.77. The van der Waals surface area contributed by atoms with E-state index >= 15 is 0 Å². The Morgan fingerprint density at radius 3 is 2.71 bits per heavy atom. The average molecular weight is 225 g/mol. The van der Waals surface area contributed by atoms with Crippen LogP contribution in [0, 0.1) is 13.8 Å². The van der Waals surface area contributed by atoms with Crippen molar-refractivity contribution in [2.45, 2.75) is 20.4 Å². The molecule has 0 saturated heterocycles. The number of hydrogen-bond donors (Lipinski definition) is 2. The van der Waals surface area contributed by atoms with E-state index in [4.69, 9.17) is 0 Å². The van der Waals surface area contributed by atoms with Crippen molar-refractivity contribution in [1.82, 2.24) is 4.98 Å². The molecule has 0 amide bonds. The van der Waals surface area contributed by atoms with Crippen molar-refractivity contribution < 1.29 is 0 Å². The molecule has 0 spiro atoms. The van der Waals surface area contributed by atoms with Gasteiger partial charge in [-0.25, -0.2) is 4.98 Å². The van der Waals surface area contributed by atoms with Crippen LogP contribution in [0.5, 0.6) is 0 Å². The lowest BCUT2D eigenvalue weighted by Gasteiger charge is -2.11. The van der Waals surface area contributed by atoms with Crippen molar-refractivity contribution in [3.63, 3.8) is 0 Å². The Balaban J connectivity index is 2.11. The number of pyridine rings is 1. The van der Waals surface area contributed by atoms with Crippen molar-refractivity contribution in [1.29, 1.82) is 0 Å². The number of hydrogen-bond acceptors (Lipinski definition) is 3. The van der Waals surface area contributed by atoms with Crippen LogP contribution in [0.4, 0.5) is 17.2 Å². The van der Waals surface area contributed by atoms with Crippen LogP contribution in [0.1, 0.15) is 16.7 Å². The lowest BCUT2D eigenvalue weighted by Crippen LogP contribution is -1.98. The van der Waals surface area contributed by atoms with Gasteiger partial charge in [0.2, 0.25) is 0 Å². The van der Waals surface area contributed by atoms with E-state index < -0.39 is 0 Å². The second-order valence-corrected chi connectivity index (χ2v) is 4.47. The summed E-state index contributed by atoms with van der Waals surface area (Å²) >= 11 is 0. The lowest BCUT2D eigenvalue weighted by atomic mass is 10.1. The number of nitrogens with zero attached hydrogens (tertiary/aromatic N) is 1. The summed E-state index contributed by atoms with van der Waals surface area (Å²) in [6, 6.07) is 8.41. The van der Waals surface area contributed by atoms with Gasteiger partial charge in [-0.2, -0.15) is 0 Å². The molecule has 2 N–H and O–H groups in total. The minimum atomic E-state index is 0.811. The fourth-order valence-corrected chi connectivity index (χ4v) is 2.08. The van der Waals surface area contributed by atoms with Crippen molar-refractivity contribution >= 4 is 17.2 Å². The lowest BCUT2D eigenvalue weighted by molar-refractivity contribution is 1.13. The van der Waals surface area contributed by atoms with E-state index in [0.717, 1.165) is 23.7 Å². The van der Waals surface area contributed by atoms with Crippen LogP contribution >= 0.6 is 0 Å². The van der Waals surface area contributed by atoms with E-state index in [9.17, 15) is 0 Å². The van der Waals surface area contributed by atoms with Crippen LogP contribution in [0.25, 0.3) is 0 Å². The van der Waals surface area contributed by atoms with Gasteiger partial charge in [-0.1, -0.05) is 6.07 Å². The molecule has 0 fully saturated rings. The van der Waals surface area contributed by atoms with Gasteiger partial charge < -0.3 is 10.6 Å². The Bertz CT molecular complexity index is 576. The Labute approximate surface area is 101 Å². The number of nitrogens with one attached hydrogen (secondary N) is 2. The summed E-state index contributed by atoms with van der Waals surface area (Å²) in [6.07, 6.45) is 1.82. The summed E-state index contributed by atoms with van der Waals surface area (Å²) < 4.78 is 0. The molecule has 0 aliphatic carbocycles. The topological polar surface area (TPSA) is 37.0 Å². The number of aryl methyl sites for hydroxylation is 2. The van der Waals surface area contributed by atoms with Crippen LogP contribution in [0.15, 0.2) is 30.5 Å². The van der Waals surface area contributed by atoms with E-state index in [2.05, 4.69) is 47.7 Å². The highest BCUT2D eigenvalue weighted by Crippen LogP contribution is 2.32. The van der Waals surface area contributed by atoms with E-state index in [0.29, 0.717) is 0 Å². The summed E-state index contributed by atoms with van der Waals surface area (Å²) in [4.78, 5) is 4.38. The van der Waals surface area contributed by atoms with Crippen molar-refractivity contribution in [3.8, 4) is 0 Å². The molecule has 17 heavy (non-hydrogen) atoms. The third-order valence-electron chi connectivity index (χ3n) is 3.25.